The predicted octanol–water partition coefficient (Wildman–Crippen LogP) is 2.87. The van der Waals surface area contributed by atoms with Gasteiger partial charge in [-0.2, -0.15) is 0 Å². The van der Waals surface area contributed by atoms with Crippen molar-refractivity contribution in [3.05, 3.63) is 104 Å². The van der Waals surface area contributed by atoms with Crippen molar-refractivity contribution in [2.45, 2.75) is 27.0 Å². The number of carbonyl (C=O) groups excluding carboxylic acids is 1. The Labute approximate surface area is 225 Å². The molecule has 4 rings (SSSR count). The molecule has 2 N–H and O–H groups in total. The number of hydrogen-bond acceptors (Lipinski definition) is 7. The van der Waals surface area contributed by atoms with Gasteiger partial charge in [-0.15, -0.1) is 4.74 Å². The normalized spacial score (nSPS) is 10.9. The molecule has 0 atom stereocenters. The Hall–Kier alpha value is -4.57. The van der Waals surface area contributed by atoms with Crippen LogP contribution in [0.2, 0.25) is 0 Å². The topological polar surface area (TPSA) is 127 Å². The van der Waals surface area contributed by atoms with Gasteiger partial charge < -0.3 is 24.0 Å². The lowest BCUT2D eigenvalue weighted by atomic mass is 9.94. The van der Waals surface area contributed by atoms with E-state index in [9.17, 15) is 14.4 Å². The van der Waals surface area contributed by atoms with Crippen LogP contribution in [-0.2, 0) is 17.9 Å². The van der Waals surface area contributed by atoms with Crippen LogP contribution in [-0.4, -0.2) is 52.4 Å². The molecule has 10 heteroatoms. The van der Waals surface area contributed by atoms with Crippen LogP contribution in [0.3, 0.4) is 0 Å². The van der Waals surface area contributed by atoms with Gasteiger partial charge in [0.25, 0.3) is 5.91 Å². The lowest BCUT2D eigenvalue weighted by molar-refractivity contribution is -0.132. The van der Waals surface area contributed by atoms with Gasteiger partial charge in [0, 0.05) is 13.6 Å². The summed E-state index contributed by atoms with van der Waals surface area (Å²) >= 11 is 0. The summed E-state index contributed by atoms with van der Waals surface area (Å²) in [5, 5.41) is 8.99. The van der Waals surface area contributed by atoms with E-state index in [-0.39, 0.29) is 32.2 Å². The van der Waals surface area contributed by atoms with Gasteiger partial charge in [0.15, 0.2) is 6.61 Å². The summed E-state index contributed by atoms with van der Waals surface area (Å²) in [6.07, 6.45) is 0. The Balaban J connectivity index is 1.40. The SMILES string of the molecule is Cc1cc(OCC(=O)N(C)CCO)cc(C)c1-c1cccc(COc2ccc(Cn3oc(=O)[nH]c3=O)cc2)c1. The van der Waals surface area contributed by atoms with Crippen LogP contribution in [0, 0.1) is 13.8 Å². The van der Waals surface area contributed by atoms with Gasteiger partial charge in [-0.1, -0.05) is 30.3 Å². The molecule has 0 aliphatic rings. The number of benzene rings is 3. The number of aryl methyl sites for hydroxylation is 2. The van der Waals surface area contributed by atoms with Crippen molar-refractivity contribution >= 4 is 5.91 Å². The van der Waals surface area contributed by atoms with E-state index in [0.717, 1.165) is 38.1 Å². The van der Waals surface area contributed by atoms with Crippen LogP contribution in [0.15, 0.2) is 74.8 Å². The quantitative estimate of drug-likeness (QED) is 0.304. The van der Waals surface area contributed by atoms with Crippen molar-refractivity contribution in [1.29, 1.82) is 0 Å². The van der Waals surface area contributed by atoms with Gasteiger partial charge in [-0.25, -0.2) is 14.6 Å². The van der Waals surface area contributed by atoms with E-state index in [1.165, 1.54) is 4.90 Å². The summed E-state index contributed by atoms with van der Waals surface area (Å²) in [5.41, 5.74) is 5.36. The monoisotopic (exact) mass is 533 g/mol. The summed E-state index contributed by atoms with van der Waals surface area (Å²) in [4.78, 5) is 38.4. The van der Waals surface area contributed by atoms with Crippen LogP contribution in [0.25, 0.3) is 11.1 Å². The molecule has 4 aromatic rings. The first-order valence-corrected chi connectivity index (χ1v) is 12.4. The Kier molecular flexibility index (Phi) is 8.67. The molecule has 0 saturated heterocycles. The van der Waals surface area contributed by atoms with Crippen molar-refractivity contribution in [2.24, 2.45) is 0 Å². The molecular weight excluding hydrogens is 502 g/mol. The third kappa shape index (κ3) is 7.05. The Morgan fingerprint density at radius 3 is 2.33 bits per heavy atom. The van der Waals surface area contributed by atoms with E-state index in [4.69, 9.17) is 19.1 Å². The Bertz CT molecular complexity index is 1530. The number of amides is 1. The highest BCUT2D eigenvalue weighted by molar-refractivity contribution is 5.77. The lowest BCUT2D eigenvalue weighted by Crippen LogP contribution is -2.33. The highest BCUT2D eigenvalue weighted by Gasteiger charge is 2.13. The summed E-state index contributed by atoms with van der Waals surface area (Å²) in [5.74, 6) is 0.299. The molecule has 1 amide bonds. The van der Waals surface area contributed by atoms with E-state index >= 15 is 0 Å². The van der Waals surface area contributed by atoms with E-state index < -0.39 is 11.4 Å². The molecule has 10 nitrogen and oxygen atoms in total. The number of H-pyrrole nitrogens is 1. The minimum Gasteiger partial charge on any atom is -0.489 e. The number of nitrogens with zero attached hydrogens (tertiary/aromatic N) is 2. The van der Waals surface area contributed by atoms with Gasteiger partial charge in [-0.3, -0.25) is 4.79 Å². The highest BCUT2D eigenvalue weighted by Crippen LogP contribution is 2.32. The minimum atomic E-state index is -0.785. The predicted molar refractivity (Wildman–Crippen MR) is 145 cm³/mol. The van der Waals surface area contributed by atoms with E-state index in [1.54, 1.807) is 31.3 Å². The van der Waals surface area contributed by atoms with Gasteiger partial charge in [0.2, 0.25) is 0 Å². The smallest absolute Gasteiger partial charge is 0.440 e. The van der Waals surface area contributed by atoms with Crippen molar-refractivity contribution < 1.29 is 23.9 Å². The van der Waals surface area contributed by atoms with Crippen LogP contribution in [0.1, 0.15) is 22.3 Å². The first-order chi connectivity index (χ1) is 18.7. The first kappa shape index (κ1) is 27.5. The van der Waals surface area contributed by atoms with Crippen molar-refractivity contribution in [3.8, 4) is 22.6 Å². The fourth-order valence-corrected chi connectivity index (χ4v) is 4.25. The largest absolute Gasteiger partial charge is 0.489 e. The van der Waals surface area contributed by atoms with Crippen LogP contribution < -0.4 is 20.9 Å². The number of aliphatic hydroxyl groups is 1. The molecule has 0 spiro atoms. The summed E-state index contributed by atoms with van der Waals surface area (Å²) in [7, 11) is 1.63. The number of aromatic nitrogens is 2. The molecular formula is C29H31N3O7. The van der Waals surface area contributed by atoms with Gasteiger partial charge in [0.1, 0.15) is 18.1 Å². The van der Waals surface area contributed by atoms with Crippen LogP contribution in [0.5, 0.6) is 11.5 Å². The van der Waals surface area contributed by atoms with Crippen molar-refractivity contribution in [2.75, 3.05) is 26.8 Å². The van der Waals surface area contributed by atoms with Crippen LogP contribution in [0.4, 0.5) is 0 Å². The maximum Gasteiger partial charge on any atom is 0.440 e. The second-order valence-electron chi connectivity index (χ2n) is 9.24. The molecule has 1 aromatic heterocycles. The van der Waals surface area contributed by atoms with Crippen molar-refractivity contribution in [1.82, 2.24) is 14.6 Å². The van der Waals surface area contributed by atoms with Crippen molar-refractivity contribution in [3.63, 3.8) is 0 Å². The maximum atomic E-state index is 12.1. The third-order valence-corrected chi connectivity index (χ3v) is 6.23. The number of carbonyl (C=O) groups is 1. The fraction of sp³-hybridized carbons (Fsp3) is 0.276. The van der Waals surface area contributed by atoms with E-state index in [1.807, 2.05) is 44.2 Å². The fourth-order valence-electron chi connectivity index (χ4n) is 4.25. The average Bonchev–Trinajstić information content (AvgIpc) is 3.22. The third-order valence-electron chi connectivity index (χ3n) is 6.23. The Morgan fingerprint density at radius 2 is 1.69 bits per heavy atom. The first-order valence-electron chi connectivity index (χ1n) is 12.4. The highest BCUT2D eigenvalue weighted by atomic mass is 16.5. The summed E-state index contributed by atoms with van der Waals surface area (Å²) in [6, 6.07) is 19.1. The van der Waals surface area contributed by atoms with Crippen LogP contribution >= 0.6 is 0 Å². The lowest BCUT2D eigenvalue weighted by Gasteiger charge is -2.17. The number of aromatic amines is 1. The molecule has 1 heterocycles. The van der Waals surface area contributed by atoms with Gasteiger partial charge in [-0.05, 0) is 77.6 Å². The average molecular weight is 534 g/mol. The number of aliphatic hydroxyl groups excluding tert-OH is 1. The molecule has 39 heavy (non-hydrogen) atoms. The number of nitrogens with one attached hydrogen (secondary N) is 1. The zero-order valence-electron chi connectivity index (χ0n) is 22.1. The Morgan fingerprint density at radius 1 is 0.974 bits per heavy atom. The van der Waals surface area contributed by atoms with E-state index in [2.05, 4.69) is 11.1 Å². The molecule has 3 aromatic carbocycles. The summed E-state index contributed by atoms with van der Waals surface area (Å²) in [6.45, 7) is 4.59. The van der Waals surface area contributed by atoms with Gasteiger partial charge in [0.05, 0.1) is 13.2 Å². The number of hydrogen-bond donors (Lipinski definition) is 2. The van der Waals surface area contributed by atoms with E-state index in [0.29, 0.717) is 18.1 Å². The molecule has 0 saturated carbocycles. The molecule has 0 fully saturated rings. The summed E-state index contributed by atoms with van der Waals surface area (Å²) < 4.78 is 17.4. The molecule has 0 radical (unpaired) electrons. The second kappa shape index (κ2) is 12.3. The standard InChI is InChI=1S/C29H31N3O7/c1-19-13-25(38-18-26(34)31(3)11-12-33)14-20(2)27(19)23-6-4-5-22(15-23)17-37-24-9-7-21(8-10-24)16-32-28(35)30-29(36)39-32/h4-10,13-15,33H,11-12,16-18H2,1-3H3,(H,30,35,36). The molecule has 0 aliphatic heterocycles. The number of rotatable bonds is 11. The van der Waals surface area contributed by atoms with Gasteiger partial charge >= 0.3 is 11.4 Å². The molecule has 204 valence electrons. The number of likely N-dealkylation sites (N-methyl/N-ethyl adjacent to an activating group) is 1. The maximum absolute atomic E-state index is 12.1. The minimum absolute atomic E-state index is 0.0917. The zero-order valence-corrected chi connectivity index (χ0v) is 22.1. The molecule has 0 unspecified atom stereocenters. The number of ether oxygens (including phenoxy) is 2. The second-order valence-corrected chi connectivity index (χ2v) is 9.24. The molecule has 0 aliphatic carbocycles. The zero-order chi connectivity index (χ0) is 27.9. The molecule has 0 bridgehead atoms.